The third-order valence-electron chi connectivity index (χ3n) is 4.63. The first kappa shape index (κ1) is 16.9. The summed E-state index contributed by atoms with van der Waals surface area (Å²) in [5, 5.41) is 20.1. The Morgan fingerprint density at radius 3 is 2.59 bits per heavy atom. The van der Waals surface area contributed by atoms with Gasteiger partial charge in [-0.15, -0.1) is 0 Å². The number of hydrogen-bond acceptors (Lipinski definition) is 5. The zero-order valence-corrected chi connectivity index (χ0v) is 14.5. The second-order valence-corrected chi connectivity index (χ2v) is 6.34. The van der Waals surface area contributed by atoms with Crippen LogP contribution < -0.4 is 0 Å². The minimum Gasteiger partial charge on any atom is -0.508 e. The number of phenolic OH excluding ortho intramolecular Hbond substituents is 1. The SMILES string of the molecule is O=C1C(O)=C(c2ccc(O)cc2)C(c2ncc[nH]2)N1CCCn1ccnc1. The maximum absolute atomic E-state index is 12.8. The first-order chi connectivity index (χ1) is 13.1. The highest BCUT2D eigenvalue weighted by atomic mass is 16.3. The zero-order chi connectivity index (χ0) is 18.8. The fourth-order valence-electron chi connectivity index (χ4n) is 3.37. The van der Waals surface area contributed by atoms with Gasteiger partial charge in [0.25, 0.3) is 5.91 Å². The van der Waals surface area contributed by atoms with Crippen LogP contribution >= 0.6 is 0 Å². The number of amides is 1. The fraction of sp³-hybridized carbons (Fsp3) is 0.211. The quantitative estimate of drug-likeness (QED) is 0.621. The van der Waals surface area contributed by atoms with Crippen LogP contribution in [0.1, 0.15) is 23.9 Å². The summed E-state index contributed by atoms with van der Waals surface area (Å²) >= 11 is 0. The van der Waals surface area contributed by atoms with E-state index in [0.29, 0.717) is 36.5 Å². The molecule has 0 saturated heterocycles. The van der Waals surface area contributed by atoms with Crippen LogP contribution in [0.5, 0.6) is 5.75 Å². The number of benzene rings is 1. The van der Waals surface area contributed by atoms with Gasteiger partial charge in [-0.1, -0.05) is 12.1 Å². The highest BCUT2D eigenvalue weighted by Crippen LogP contribution is 2.42. The molecular formula is C19H19N5O3. The molecule has 1 atom stereocenters. The lowest BCUT2D eigenvalue weighted by Gasteiger charge is -2.25. The number of carbonyl (C=O) groups is 1. The molecule has 0 bridgehead atoms. The molecule has 1 amide bonds. The summed E-state index contributed by atoms with van der Waals surface area (Å²) in [6.07, 6.45) is 9.32. The number of imidazole rings is 2. The molecule has 1 unspecified atom stereocenters. The molecule has 138 valence electrons. The molecule has 0 radical (unpaired) electrons. The van der Waals surface area contributed by atoms with Crippen LogP contribution in [-0.2, 0) is 11.3 Å². The molecule has 8 nitrogen and oxygen atoms in total. The molecule has 0 spiro atoms. The lowest BCUT2D eigenvalue weighted by molar-refractivity contribution is -0.129. The van der Waals surface area contributed by atoms with E-state index >= 15 is 0 Å². The van der Waals surface area contributed by atoms with Gasteiger partial charge in [-0.2, -0.15) is 0 Å². The highest BCUT2D eigenvalue weighted by molar-refractivity contribution is 6.05. The second-order valence-electron chi connectivity index (χ2n) is 6.34. The van der Waals surface area contributed by atoms with Crippen molar-refractivity contribution in [2.45, 2.75) is 19.0 Å². The van der Waals surface area contributed by atoms with E-state index in [1.54, 1.807) is 42.0 Å². The number of aryl methyl sites for hydroxylation is 1. The predicted molar refractivity (Wildman–Crippen MR) is 97.5 cm³/mol. The summed E-state index contributed by atoms with van der Waals surface area (Å²) in [4.78, 5) is 25.8. The van der Waals surface area contributed by atoms with Crippen molar-refractivity contribution in [2.24, 2.45) is 0 Å². The largest absolute Gasteiger partial charge is 0.508 e. The third-order valence-corrected chi connectivity index (χ3v) is 4.63. The van der Waals surface area contributed by atoms with Crippen molar-refractivity contribution in [3.05, 3.63) is 72.5 Å². The summed E-state index contributed by atoms with van der Waals surface area (Å²) in [6.45, 7) is 1.16. The summed E-state index contributed by atoms with van der Waals surface area (Å²) < 4.78 is 1.94. The molecule has 1 aliphatic heterocycles. The Labute approximate surface area is 155 Å². The van der Waals surface area contributed by atoms with Crippen molar-refractivity contribution in [3.63, 3.8) is 0 Å². The van der Waals surface area contributed by atoms with E-state index < -0.39 is 11.9 Å². The van der Waals surface area contributed by atoms with Crippen molar-refractivity contribution >= 4 is 11.5 Å². The van der Waals surface area contributed by atoms with Gasteiger partial charge in [0.1, 0.15) is 17.6 Å². The molecule has 3 heterocycles. The average Bonchev–Trinajstić information content (AvgIpc) is 3.41. The summed E-state index contributed by atoms with van der Waals surface area (Å²) in [6, 6.07) is 5.90. The number of H-pyrrole nitrogens is 1. The van der Waals surface area contributed by atoms with E-state index in [1.807, 2.05) is 10.8 Å². The minimum absolute atomic E-state index is 0.120. The fourth-order valence-corrected chi connectivity index (χ4v) is 3.37. The highest BCUT2D eigenvalue weighted by Gasteiger charge is 2.42. The summed E-state index contributed by atoms with van der Waals surface area (Å²) in [5.41, 5.74) is 1.15. The number of nitrogens with zero attached hydrogens (tertiary/aromatic N) is 4. The van der Waals surface area contributed by atoms with Crippen LogP contribution in [0.15, 0.2) is 61.1 Å². The maximum Gasteiger partial charge on any atom is 0.289 e. The molecule has 0 aliphatic carbocycles. The number of aromatic nitrogens is 4. The molecule has 4 rings (SSSR count). The second kappa shape index (κ2) is 6.99. The Hall–Kier alpha value is -3.55. The number of rotatable bonds is 6. The summed E-state index contributed by atoms with van der Waals surface area (Å²) in [5.74, 6) is -0.0113. The number of carbonyl (C=O) groups excluding carboxylic acids is 1. The van der Waals surface area contributed by atoms with Crippen molar-refractivity contribution in [1.82, 2.24) is 24.4 Å². The number of nitrogens with one attached hydrogen (secondary N) is 1. The van der Waals surface area contributed by atoms with Crippen LogP contribution in [0, 0.1) is 0 Å². The monoisotopic (exact) mass is 365 g/mol. The van der Waals surface area contributed by atoms with Crippen LogP contribution in [0.4, 0.5) is 0 Å². The molecule has 8 heteroatoms. The van der Waals surface area contributed by atoms with Crippen molar-refractivity contribution in [2.75, 3.05) is 6.54 Å². The van der Waals surface area contributed by atoms with E-state index in [2.05, 4.69) is 15.0 Å². The third kappa shape index (κ3) is 3.17. The van der Waals surface area contributed by atoms with Crippen molar-refractivity contribution in [1.29, 1.82) is 0 Å². The number of aliphatic hydroxyl groups is 1. The van der Waals surface area contributed by atoms with Gasteiger partial charge >= 0.3 is 0 Å². The molecule has 1 aliphatic rings. The van der Waals surface area contributed by atoms with E-state index in [-0.39, 0.29) is 11.5 Å². The number of hydrogen-bond donors (Lipinski definition) is 3. The van der Waals surface area contributed by atoms with Gasteiger partial charge < -0.3 is 24.7 Å². The van der Waals surface area contributed by atoms with E-state index in [0.717, 1.165) is 0 Å². The molecule has 3 aromatic rings. The number of aromatic amines is 1. The van der Waals surface area contributed by atoms with Crippen LogP contribution in [0.2, 0.25) is 0 Å². The Kier molecular flexibility index (Phi) is 4.37. The Bertz CT molecular complexity index is 946. The maximum atomic E-state index is 12.8. The van der Waals surface area contributed by atoms with Gasteiger partial charge in [-0.3, -0.25) is 4.79 Å². The molecule has 2 aromatic heterocycles. The smallest absolute Gasteiger partial charge is 0.289 e. The molecule has 0 fully saturated rings. The van der Waals surface area contributed by atoms with Crippen molar-refractivity contribution in [3.8, 4) is 5.75 Å². The van der Waals surface area contributed by atoms with E-state index in [4.69, 9.17) is 0 Å². The number of aliphatic hydroxyl groups excluding tert-OH is 1. The summed E-state index contributed by atoms with van der Waals surface area (Å²) in [7, 11) is 0. The Morgan fingerprint density at radius 2 is 1.93 bits per heavy atom. The average molecular weight is 365 g/mol. The van der Waals surface area contributed by atoms with Crippen LogP contribution in [-0.4, -0.2) is 47.1 Å². The lowest BCUT2D eigenvalue weighted by atomic mass is 9.98. The van der Waals surface area contributed by atoms with Gasteiger partial charge in [-0.05, 0) is 24.1 Å². The number of phenols is 1. The van der Waals surface area contributed by atoms with E-state index in [9.17, 15) is 15.0 Å². The Balaban J connectivity index is 1.63. The van der Waals surface area contributed by atoms with E-state index in [1.165, 1.54) is 12.1 Å². The van der Waals surface area contributed by atoms with Gasteiger partial charge in [0.2, 0.25) is 0 Å². The molecule has 3 N–H and O–H groups in total. The van der Waals surface area contributed by atoms with Crippen molar-refractivity contribution < 1.29 is 15.0 Å². The first-order valence-corrected chi connectivity index (χ1v) is 8.63. The molecule has 27 heavy (non-hydrogen) atoms. The molecule has 1 aromatic carbocycles. The van der Waals surface area contributed by atoms with Gasteiger partial charge in [0.15, 0.2) is 5.76 Å². The zero-order valence-electron chi connectivity index (χ0n) is 14.5. The van der Waals surface area contributed by atoms with Gasteiger partial charge in [0, 0.05) is 43.4 Å². The molecular weight excluding hydrogens is 346 g/mol. The normalized spacial score (nSPS) is 17.1. The van der Waals surface area contributed by atoms with Crippen LogP contribution in [0.3, 0.4) is 0 Å². The molecule has 0 saturated carbocycles. The lowest BCUT2D eigenvalue weighted by Crippen LogP contribution is -2.32. The standard InChI is InChI=1S/C19H19N5O3/c25-14-4-2-13(3-5-14)15-16(18-21-6-7-22-18)24(19(27)17(15)26)10-1-9-23-11-8-20-12-23/h2-8,11-12,16,25-26H,1,9-10H2,(H,21,22). The van der Waals surface area contributed by atoms with Gasteiger partial charge in [0.05, 0.1) is 6.33 Å². The first-order valence-electron chi connectivity index (χ1n) is 8.63. The number of aromatic hydroxyl groups is 1. The van der Waals surface area contributed by atoms with Gasteiger partial charge in [-0.25, -0.2) is 9.97 Å². The predicted octanol–water partition coefficient (Wildman–Crippen LogP) is 2.25. The topological polar surface area (TPSA) is 107 Å². The minimum atomic E-state index is -0.514. The Morgan fingerprint density at radius 1 is 1.11 bits per heavy atom. The van der Waals surface area contributed by atoms with Crippen LogP contribution in [0.25, 0.3) is 5.57 Å².